The molecule has 1 unspecified atom stereocenters. The van der Waals surface area contributed by atoms with Gasteiger partial charge in [0.1, 0.15) is 24.2 Å². The highest BCUT2D eigenvalue weighted by Gasteiger charge is 2.27. The van der Waals surface area contributed by atoms with E-state index >= 15 is 0 Å². The van der Waals surface area contributed by atoms with Gasteiger partial charge in [-0.3, -0.25) is 15.0 Å². The van der Waals surface area contributed by atoms with Crippen LogP contribution in [0.5, 0.6) is 0 Å². The first-order chi connectivity index (χ1) is 11.7. The number of carbonyl (C=O) groups excluding carboxylic acids is 2. The summed E-state index contributed by atoms with van der Waals surface area (Å²) in [4.78, 5) is 44.6. The average Bonchev–Trinajstić information content (AvgIpc) is 2.53. The van der Waals surface area contributed by atoms with Crippen LogP contribution in [0.2, 0.25) is 0 Å². The second-order valence-corrected chi connectivity index (χ2v) is 5.09. The number of benzene rings is 1. The predicted molar refractivity (Wildman–Crippen MR) is 87.4 cm³/mol. The Morgan fingerprint density at radius 2 is 1.76 bits per heavy atom. The summed E-state index contributed by atoms with van der Waals surface area (Å²) in [5.41, 5.74) is 6.24. The number of carbonyl (C=O) groups is 4. The van der Waals surface area contributed by atoms with Crippen LogP contribution in [0, 0.1) is 5.41 Å². The molecule has 134 valence electrons. The highest BCUT2D eigenvalue weighted by molar-refractivity contribution is 5.95. The Balaban J connectivity index is 2.84. The Hall–Kier alpha value is -3.43. The molecule has 2 atom stereocenters. The summed E-state index contributed by atoms with van der Waals surface area (Å²) in [5, 5.41) is 29.8. The Bertz CT molecular complexity index is 673. The molecule has 0 aliphatic carbocycles. The molecule has 1 amide bonds. The smallest absolute Gasteiger partial charge is 0.326 e. The zero-order chi connectivity index (χ0) is 19.0. The van der Waals surface area contributed by atoms with Crippen molar-refractivity contribution < 1.29 is 29.4 Å². The number of aldehydes is 1. The van der Waals surface area contributed by atoms with Crippen LogP contribution in [-0.4, -0.2) is 52.3 Å². The van der Waals surface area contributed by atoms with Crippen molar-refractivity contribution in [2.75, 3.05) is 5.32 Å². The number of carboxylic acids is 2. The highest BCUT2D eigenvalue weighted by Crippen LogP contribution is 2.12. The van der Waals surface area contributed by atoms with Crippen LogP contribution in [-0.2, 0) is 19.2 Å². The van der Waals surface area contributed by atoms with Gasteiger partial charge in [0.05, 0.1) is 6.42 Å². The third kappa shape index (κ3) is 6.29. The molecule has 25 heavy (non-hydrogen) atoms. The fraction of sp³-hybridized carbons (Fsp3) is 0.267. The number of aliphatic carboxylic acids is 2. The molecule has 1 aromatic carbocycles. The minimum absolute atomic E-state index is 0.133. The van der Waals surface area contributed by atoms with Gasteiger partial charge in [-0.25, -0.2) is 4.79 Å². The minimum atomic E-state index is -1.61. The van der Waals surface area contributed by atoms with E-state index in [-0.39, 0.29) is 12.3 Å². The molecule has 1 rings (SSSR count). The van der Waals surface area contributed by atoms with Crippen molar-refractivity contribution in [2.45, 2.75) is 24.9 Å². The number of amidine groups is 1. The maximum absolute atomic E-state index is 12.2. The molecule has 0 radical (unpaired) electrons. The molecular weight excluding hydrogens is 332 g/mol. The van der Waals surface area contributed by atoms with Crippen molar-refractivity contribution in [3.05, 3.63) is 29.8 Å². The summed E-state index contributed by atoms with van der Waals surface area (Å²) in [6, 6.07) is 3.44. The van der Waals surface area contributed by atoms with E-state index in [0.717, 1.165) is 0 Å². The maximum Gasteiger partial charge on any atom is 0.326 e. The first kappa shape index (κ1) is 19.6. The lowest BCUT2D eigenvalue weighted by atomic mass is 10.1. The number of rotatable bonds is 10. The average molecular weight is 350 g/mol. The molecule has 1 aromatic rings. The molecule has 0 fully saturated rings. The van der Waals surface area contributed by atoms with Gasteiger partial charge in [0.25, 0.3) is 0 Å². The first-order valence-corrected chi connectivity index (χ1v) is 7.14. The Morgan fingerprint density at radius 1 is 1.16 bits per heavy atom. The van der Waals surface area contributed by atoms with Crippen LogP contribution < -0.4 is 16.4 Å². The SMILES string of the molecule is N=C(N)c1ccc(NC(CC=O)C(=O)N[C@@H](CC(=O)O)C(=O)O)cc1. The molecule has 0 heterocycles. The fourth-order valence-corrected chi connectivity index (χ4v) is 1.92. The number of nitrogen functional groups attached to an aromatic ring is 1. The van der Waals surface area contributed by atoms with E-state index in [1.54, 1.807) is 0 Å². The van der Waals surface area contributed by atoms with Gasteiger partial charge < -0.3 is 31.4 Å². The number of hydrogen-bond acceptors (Lipinski definition) is 6. The Kier molecular flexibility index (Phi) is 7.07. The molecule has 10 nitrogen and oxygen atoms in total. The highest BCUT2D eigenvalue weighted by atomic mass is 16.4. The van der Waals surface area contributed by atoms with Gasteiger partial charge in [-0.05, 0) is 24.3 Å². The van der Waals surface area contributed by atoms with Gasteiger partial charge in [-0.2, -0.15) is 0 Å². The summed E-state index contributed by atoms with van der Waals surface area (Å²) < 4.78 is 0. The van der Waals surface area contributed by atoms with Crippen molar-refractivity contribution in [3.8, 4) is 0 Å². The van der Waals surface area contributed by atoms with Crippen molar-refractivity contribution in [3.63, 3.8) is 0 Å². The first-order valence-electron chi connectivity index (χ1n) is 7.14. The minimum Gasteiger partial charge on any atom is -0.481 e. The van der Waals surface area contributed by atoms with Gasteiger partial charge in [-0.1, -0.05) is 0 Å². The van der Waals surface area contributed by atoms with E-state index in [9.17, 15) is 19.2 Å². The number of nitrogens with one attached hydrogen (secondary N) is 3. The van der Waals surface area contributed by atoms with Crippen LogP contribution in [0.15, 0.2) is 24.3 Å². The molecule has 7 N–H and O–H groups in total. The van der Waals surface area contributed by atoms with Gasteiger partial charge >= 0.3 is 11.9 Å². The Labute approximate surface area is 142 Å². The van der Waals surface area contributed by atoms with E-state index in [2.05, 4.69) is 10.6 Å². The molecular formula is C15H18N4O6. The van der Waals surface area contributed by atoms with Gasteiger partial charge in [-0.15, -0.1) is 0 Å². The Morgan fingerprint density at radius 3 is 2.20 bits per heavy atom. The second kappa shape index (κ2) is 9.01. The molecule has 0 aliphatic rings. The molecule has 0 bridgehead atoms. The summed E-state index contributed by atoms with van der Waals surface area (Å²) >= 11 is 0. The van der Waals surface area contributed by atoms with Crippen LogP contribution >= 0.6 is 0 Å². The number of carboxylic acid groups (broad SMARTS) is 2. The van der Waals surface area contributed by atoms with Crippen LogP contribution in [0.1, 0.15) is 18.4 Å². The molecule has 0 aromatic heterocycles. The molecule has 10 heteroatoms. The van der Waals surface area contributed by atoms with Crippen molar-refractivity contribution >= 4 is 35.7 Å². The van der Waals surface area contributed by atoms with E-state index < -0.39 is 36.4 Å². The molecule has 0 spiro atoms. The monoisotopic (exact) mass is 350 g/mol. The zero-order valence-corrected chi connectivity index (χ0v) is 13.1. The summed E-state index contributed by atoms with van der Waals surface area (Å²) in [7, 11) is 0. The zero-order valence-electron chi connectivity index (χ0n) is 13.1. The lowest BCUT2D eigenvalue weighted by molar-refractivity contribution is -0.147. The number of amides is 1. The van der Waals surface area contributed by atoms with Crippen LogP contribution in [0.4, 0.5) is 5.69 Å². The fourth-order valence-electron chi connectivity index (χ4n) is 1.92. The lowest BCUT2D eigenvalue weighted by Gasteiger charge is -2.20. The van der Waals surface area contributed by atoms with Crippen LogP contribution in [0.3, 0.4) is 0 Å². The normalized spacial score (nSPS) is 12.5. The number of anilines is 1. The maximum atomic E-state index is 12.2. The third-order valence-corrected chi connectivity index (χ3v) is 3.18. The molecule has 0 saturated carbocycles. The van der Waals surface area contributed by atoms with Crippen LogP contribution in [0.25, 0.3) is 0 Å². The number of nitrogens with two attached hydrogens (primary N) is 1. The van der Waals surface area contributed by atoms with Gasteiger partial charge in [0.2, 0.25) is 5.91 Å². The number of hydrogen-bond donors (Lipinski definition) is 6. The van der Waals surface area contributed by atoms with E-state index in [1.165, 1.54) is 24.3 Å². The third-order valence-electron chi connectivity index (χ3n) is 3.18. The molecule has 0 aliphatic heterocycles. The van der Waals surface area contributed by atoms with E-state index in [0.29, 0.717) is 17.5 Å². The van der Waals surface area contributed by atoms with E-state index in [4.69, 9.17) is 21.4 Å². The summed E-state index contributed by atoms with van der Waals surface area (Å²) in [6.45, 7) is 0. The van der Waals surface area contributed by atoms with E-state index in [1.807, 2.05) is 0 Å². The van der Waals surface area contributed by atoms with Crippen molar-refractivity contribution in [1.29, 1.82) is 5.41 Å². The van der Waals surface area contributed by atoms with Crippen molar-refractivity contribution in [2.24, 2.45) is 5.73 Å². The standard InChI is InChI=1S/C15H18N4O6/c16-13(17)8-1-3-9(4-2-8)18-10(5-6-20)14(23)19-11(15(24)25)7-12(21)22/h1-4,6,10-11,18H,5,7H2,(H3,16,17)(H,19,23)(H,21,22)(H,24,25)/t10?,11-/m0/s1. The molecule has 0 saturated heterocycles. The predicted octanol–water partition coefficient (Wildman–Crippen LogP) is -0.616. The topological polar surface area (TPSA) is 183 Å². The van der Waals surface area contributed by atoms with Gasteiger partial charge in [0.15, 0.2) is 0 Å². The quantitative estimate of drug-likeness (QED) is 0.183. The lowest BCUT2D eigenvalue weighted by Crippen LogP contribution is -2.48. The summed E-state index contributed by atoms with van der Waals surface area (Å²) in [6.07, 6.45) is -0.559. The largest absolute Gasteiger partial charge is 0.481 e. The van der Waals surface area contributed by atoms with Gasteiger partial charge in [0, 0.05) is 17.7 Å². The van der Waals surface area contributed by atoms with Crippen molar-refractivity contribution in [1.82, 2.24) is 5.32 Å². The summed E-state index contributed by atoms with van der Waals surface area (Å²) in [5.74, 6) is -3.83. The second-order valence-electron chi connectivity index (χ2n) is 5.09.